The molecular formula is C25H25FN2O5S. The maximum atomic E-state index is 13.3. The number of rotatable bonds is 10. The number of carbonyl (C=O) groups is 3. The van der Waals surface area contributed by atoms with Crippen molar-refractivity contribution in [2.45, 2.75) is 20.3 Å². The number of hydrogen-bond acceptors (Lipinski definition) is 6. The lowest BCUT2D eigenvalue weighted by Gasteiger charge is -2.16. The smallest absolute Gasteiger partial charge is 0.294 e. The average molecular weight is 485 g/mol. The lowest BCUT2D eigenvalue weighted by atomic mass is 10.0. The van der Waals surface area contributed by atoms with Crippen LogP contribution in [0.4, 0.5) is 14.9 Å². The van der Waals surface area contributed by atoms with E-state index in [4.69, 9.17) is 9.47 Å². The predicted molar refractivity (Wildman–Crippen MR) is 130 cm³/mol. The topological polar surface area (TPSA) is 84.9 Å². The monoisotopic (exact) mass is 484 g/mol. The van der Waals surface area contributed by atoms with Gasteiger partial charge in [-0.15, -0.1) is 6.58 Å². The fourth-order valence-corrected chi connectivity index (χ4v) is 4.18. The first-order valence-corrected chi connectivity index (χ1v) is 11.5. The fraction of sp³-hybridized carbons (Fsp3) is 0.240. The summed E-state index contributed by atoms with van der Waals surface area (Å²) >= 11 is 0.747. The van der Waals surface area contributed by atoms with Gasteiger partial charge in [-0.3, -0.25) is 19.3 Å². The van der Waals surface area contributed by atoms with Crippen molar-refractivity contribution in [1.82, 2.24) is 4.90 Å². The molecule has 178 valence electrons. The third-order valence-corrected chi connectivity index (χ3v) is 5.60. The second-order valence-corrected chi connectivity index (χ2v) is 8.19. The van der Waals surface area contributed by atoms with Crippen LogP contribution in [0.5, 0.6) is 11.5 Å². The number of amides is 3. The molecule has 0 unspecified atom stereocenters. The number of nitrogens with zero attached hydrogens (tertiary/aromatic N) is 1. The Morgan fingerprint density at radius 3 is 2.62 bits per heavy atom. The highest BCUT2D eigenvalue weighted by atomic mass is 32.2. The van der Waals surface area contributed by atoms with Crippen LogP contribution < -0.4 is 14.8 Å². The molecule has 3 amide bonds. The van der Waals surface area contributed by atoms with Crippen LogP contribution in [0.2, 0.25) is 0 Å². The highest BCUT2D eigenvalue weighted by Gasteiger charge is 2.36. The van der Waals surface area contributed by atoms with Gasteiger partial charge in [-0.2, -0.15) is 0 Å². The predicted octanol–water partition coefficient (Wildman–Crippen LogP) is 5.03. The van der Waals surface area contributed by atoms with Gasteiger partial charge in [0.05, 0.1) is 18.1 Å². The van der Waals surface area contributed by atoms with Gasteiger partial charge in [-0.25, -0.2) is 4.39 Å². The third kappa shape index (κ3) is 6.05. The van der Waals surface area contributed by atoms with Gasteiger partial charge in [0.15, 0.2) is 11.5 Å². The van der Waals surface area contributed by atoms with Crippen LogP contribution in [0.1, 0.15) is 25.0 Å². The maximum Gasteiger partial charge on any atom is 0.294 e. The van der Waals surface area contributed by atoms with Gasteiger partial charge in [0, 0.05) is 11.3 Å². The standard InChI is InChI=1S/C25H25FN2O5S/c1-4-8-17-11-16(12-20(32-5-2)23(17)33-6-3)13-21-24(30)28(25(31)34-21)15-22(29)27-19-10-7-9-18(26)14-19/h4,7,9-14H,1,5-6,8,15H2,2-3H3,(H,27,29)/b21-13+. The minimum absolute atomic E-state index is 0.180. The first-order chi connectivity index (χ1) is 16.4. The number of benzene rings is 2. The quantitative estimate of drug-likeness (QED) is 0.376. The van der Waals surface area contributed by atoms with Crippen LogP contribution in [0.25, 0.3) is 6.08 Å². The Labute approximate surface area is 201 Å². The van der Waals surface area contributed by atoms with Gasteiger partial charge in [0.1, 0.15) is 12.4 Å². The number of hydrogen-bond donors (Lipinski definition) is 1. The largest absolute Gasteiger partial charge is 0.490 e. The summed E-state index contributed by atoms with van der Waals surface area (Å²) in [5, 5.41) is 1.92. The zero-order valence-electron chi connectivity index (χ0n) is 18.9. The zero-order chi connectivity index (χ0) is 24.7. The fourth-order valence-electron chi connectivity index (χ4n) is 3.34. The van der Waals surface area contributed by atoms with E-state index >= 15 is 0 Å². The van der Waals surface area contributed by atoms with Gasteiger partial charge >= 0.3 is 0 Å². The SMILES string of the molecule is C=CCc1cc(/C=C2/SC(=O)N(CC(=O)Nc3cccc(F)c3)C2=O)cc(OCC)c1OCC. The summed E-state index contributed by atoms with van der Waals surface area (Å²) in [4.78, 5) is 38.6. The zero-order valence-corrected chi connectivity index (χ0v) is 19.7. The lowest BCUT2D eigenvalue weighted by molar-refractivity contribution is -0.127. The van der Waals surface area contributed by atoms with Crippen LogP contribution in [0, 0.1) is 5.82 Å². The van der Waals surface area contributed by atoms with E-state index in [2.05, 4.69) is 11.9 Å². The third-order valence-electron chi connectivity index (χ3n) is 4.69. The van der Waals surface area contributed by atoms with Gasteiger partial charge in [-0.1, -0.05) is 12.1 Å². The second kappa shape index (κ2) is 11.5. The summed E-state index contributed by atoms with van der Waals surface area (Å²) in [7, 11) is 0. The van der Waals surface area contributed by atoms with Crippen molar-refractivity contribution in [2.75, 3.05) is 25.1 Å². The van der Waals surface area contributed by atoms with Crippen LogP contribution in [-0.4, -0.2) is 41.7 Å². The molecule has 0 spiro atoms. The van der Waals surface area contributed by atoms with E-state index in [1.54, 1.807) is 18.2 Å². The summed E-state index contributed by atoms with van der Waals surface area (Å²) < 4.78 is 24.8. The van der Waals surface area contributed by atoms with Crippen molar-refractivity contribution in [2.24, 2.45) is 0 Å². The molecule has 1 fully saturated rings. The molecule has 7 nitrogen and oxygen atoms in total. The Bertz CT molecular complexity index is 1150. The number of anilines is 1. The molecule has 1 aliphatic rings. The molecule has 2 aromatic rings. The van der Waals surface area contributed by atoms with Crippen molar-refractivity contribution in [3.05, 3.63) is 70.9 Å². The van der Waals surface area contributed by atoms with Crippen molar-refractivity contribution in [1.29, 1.82) is 0 Å². The number of allylic oxidation sites excluding steroid dienone is 1. The number of carbonyl (C=O) groups excluding carboxylic acids is 3. The molecule has 0 saturated carbocycles. The van der Waals surface area contributed by atoms with Gasteiger partial charge < -0.3 is 14.8 Å². The molecular weight excluding hydrogens is 459 g/mol. The van der Waals surface area contributed by atoms with Crippen LogP contribution in [-0.2, 0) is 16.0 Å². The van der Waals surface area contributed by atoms with Crippen LogP contribution in [0.15, 0.2) is 54.0 Å². The molecule has 1 heterocycles. The molecule has 34 heavy (non-hydrogen) atoms. The molecule has 3 rings (SSSR count). The molecule has 0 aliphatic carbocycles. The first-order valence-electron chi connectivity index (χ1n) is 10.7. The van der Waals surface area contributed by atoms with Crippen molar-refractivity contribution >= 4 is 40.6 Å². The number of halogens is 1. The van der Waals surface area contributed by atoms with Crippen LogP contribution in [0.3, 0.4) is 0 Å². The Kier molecular flexibility index (Phi) is 8.48. The Balaban J connectivity index is 1.82. The lowest BCUT2D eigenvalue weighted by Crippen LogP contribution is -2.36. The summed E-state index contributed by atoms with van der Waals surface area (Å²) in [6, 6.07) is 8.94. The van der Waals surface area contributed by atoms with Crippen molar-refractivity contribution in [3.63, 3.8) is 0 Å². The van der Waals surface area contributed by atoms with Crippen molar-refractivity contribution in [3.8, 4) is 11.5 Å². The maximum absolute atomic E-state index is 13.3. The Morgan fingerprint density at radius 2 is 1.94 bits per heavy atom. The second-order valence-electron chi connectivity index (χ2n) is 7.19. The van der Waals surface area contributed by atoms with Gasteiger partial charge in [0.2, 0.25) is 5.91 Å². The van der Waals surface area contributed by atoms with E-state index in [1.807, 2.05) is 19.9 Å². The van der Waals surface area contributed by atoms with E-state index in [0.29, 0.717) is 36.7 Å². The molecule has 1 N–H and O–H groups in total. The van der Waals surface area contributed by atoms with E-state index in [0.717, 1.165) is 28.3 Å². The molecule has 0 radical (unpaired) electrons. The number of thioether (sulfide) groups is 1. The van der Waals surface area contributed by atoms with Gasteiger partial charge in [0.25, 0.3) is 11.1 Å². The molecule has 0 atom stereocenters. The Hall–Kier alpha value is -3.59. The minimum Gasteiger partial charge on any atom is -0.490 e. The summed E-state index contributed by atoms with van der Waals surface area (Å²) in [6.07, 6.45) is 3.85. The normalized spacial score (nSPS) is 14.4. The van der Waals surface area contributed by atoms with E-state index in [1.165, 1.54) is 18.2 Å². The van der Waals surface area contributed by atoms with Crippen molar-refractivity contribution < 1.29 is 28.2 Å². The molecule has 1 saturated heterocycles. The van der Waals surface area contributed by atoms with Crippen LogP contribution >= 0.6 is 11.8 Å². The average Bonchev–Trinajstić information content (AvgIpc) is 3.03. The molecule has 0 aromatic heterocycles. The summed E-state index contributed by atoms with van der Waals surface area (Å²) in [6.45, 7) is 7.92. The summed E-state index contributed by atoms with van der Waals surface area (Å²) in [5.41, 5.74) is 1.72. The van der Waals surface area contributed by atoms with E-state index in [-0.39, 0.29) is 10.6 Å². The highest BCUT2D eigenvalue weighted by Crippen LogP contribution is 2.37. The number of nitrogens with one attached hydrogen (secondary N) is 1. The molecule has 0 bridgehead atoms. The first kappa shape index (κ1) is 25.0. The number of imide groups is 1. The van der Waals surface area contributed by atoms with E-state index < -0.39 is 29.4 Å². The minimum atomic E-state index is -0.609. The number of ether oxygens (including phenoxy) is 2. The Morgan fingerprint density at radius 1 is 1.18 bits per heavy atom. The molecule has 2 aromatic carbocycles. The van der Waals surface area contributed by atoms with Gasteiger partial charge in [-0.05, 0) is 74.0 Å². The highest BCUT2D eigenvalue weighted by molar-refractivity contribution is 8.18. The van der Waals surface area contributed by atoms with E-state index in [9.17, 15) is 18.8 Å². The molecule has 1 aliphatic heterocycles. The summed E-state index contributed by atoms with van der Waals surface area (Å²) in [5.74, 6) is -0.555. The molecule has 9 heteroatoms.